The lowest BCUT2D eigenvalue weighted by atomic mass is 10.0. The number of carbonyl (C=O) groups excluding carboxylic acids is 2. The molecule has 0 radical (unpaired) electrons. The summed E-state index contributed by atoms with van der Waals surface area (Å²) >= 11 is 14.1. The summed E-state index contributed by atoms with van der Waals surface area (Å²) in [6, 6.07) is 26.7. The molecule has 2 amide bonds. The van der Waals surface area contributed by atoms with E-state index in [2.05, 4.69) is 5.32 Å². The van der Waals surface area contributed by atoms with Crippen molar-refractivity contribution in [3.8, 4) is 5.75 Å². The lowest BCUT2D eigenvalue weighted by Crippen LogP contribution is -2.54. The highest BCUT2D eigenvalue weighted by molar-refractivity contribution is 7.98. The minimum Gasteiger partial charge on any atom is -0.494 e. The summed E-state index contributed by atoms with van der Waals surface area (Å²) in [5.74, 6) is -0.286. The average molecular weight is 755 g/mol. The van der Waals surface area contributed by atoms with Crippen LogP contribution in [0.25, 0.3) is 0 Å². The fourth-order valence-corrected chi connectivity index (χ4v) is 8.18. The third-order valence-electron chi connectivity index (χ3n) is 8.67. The second kappa shape index (κ2) is 17.5. The summed E-state index contributed by atoms with van der Waals surface area (Å²) < 4.78 is 35.4. The van der Waals surface area contributed by atoms with E-state index in [1.807, 2.05) is 43.5 Å². The van der Waals surface area contributed by atoms with E-state index in [4.69, 9.17) is 27.9 Å². The van der Waals surface area contributed by atoms with E-state index in [-0.39, 0.29) is 35.5 Å². The second-order valence-electron chi connectivity index (χ2n) is 12.1. The van der Waals surface area contributed by atoms with Crippen LogP contribution in [0.1, 0.15) is 43.7 Å². The summed E-state index contributed by atoms with van der Waals surface area (Å²) in [7, 11) is -4.24. The number of ether oxygens (including phenoxy) is 1. The molecule has 8 nitrogen and oxygen atoms in total. The minimum atomic E-state index is -4.24. The van der Waals surface area contributed by atoms with Crippen LogP contribution in [0.4, 0.5) is 5.69 Å². The van der Waals surface area contributed by atoms with Gasteiger partial charge in [0, 0.05) is 23.9 Å². The van der Waals surface area contributed by atoms with Crippen molar-refractivity contribution in [3.05, 3.63) is 118 Å². The van der Waals surface area contributed by atoms with E-state index in [1.54, 1.807) is 54.6 Å². The molecule has 1 atom stereocenters. The van der Waals surface area contributed by atoms with Gasteiger partial charge in [0.25, 0.3) is 10.0 Å². The quantitative estimate of drug-likeness (QED) is 0.124. The first-order valence-electron chi connectivity index (χ1n) is 16.6. The van der Waals surface area contributed by atoms with Gasteiger partial charge in [0.2, 0.25) is 11.8 Å². The molecule has 5 rings (SSSR count). The molecule has 1 aliphatic rings. The summed E-state index contributed by atoms with van der Waals surface area (Å²) in [5.41, 5.74) is 1.78. The van der Waals surface area contributed by atoms with Gasteiger partial charge in [-0.3, -0.25) is 13.9 Å². The van der Waals surface area contributed by atoms with Crippen molar-refractivity contribution in [3.63, 3.8) is 0 Å². The molecule has 0 bridgehead atoms. The average Bonchev–Trinajstić information content (AvgIpc) is 3.64. The standard InChI is InChI=1S/C38H41Cl2N3O5S2/c1-3-48-31-16-14-30(15-17-31)43(50(46,47)33-20-18-32(49-2)19-21-33)26-37(44)42(25-28-13-22-34(39)35(40)23-28)36(24-27-9-5-4-6-10-27)38(45)41-29-11-7-8-12-29/h4-6,9-10,13-23,29,36H,3,7-8,11-12,24-26H2,1-2H3,(H,41,45)/t36-/m0/s1. The van der Waals surface area contributed by atoms with Crippen LogP contribution in [0, 0.1) is 0 Å². The molecule has 0 aromatic heterocycles. The Balaban J connectivity index is 1.57. The third-order valence-corrected chi connectivity index (χ3v) is 11.9. The number of thioether (sulfide) groups is 1. The molecule has 1 aliphatic carbocycles. The van der Waals surface area contributed by atoms with E-state index >= 15 is 0 Å². The minimum absolute atomic E-state index is 0.00712. The predicted octanol–water partition coefficient (Wildman–Crippen LogP) is 8.01. The number of anilines is 1. The van der Waals surface area contributed by atoms with Crippen LogP contribution in [0.2, 0.25) is 10.0 Å². The van der Waals surface area contributed by atoms with Crippen LogP contribution < -0.4 is 14.4 Å². The van der Waals surface area contributed by atoms with E-state index < -0.39 is 28.5 Å². The Morgan fingerprint density at radius 2 is 1.58 bits per heavy atom. The maximum atomic E-state index is 14.8. The molecule has 1 saturated carbocycles. The molecular formula is C38H41Cl2N3O5S2. The van der Waals surface area contributed by atoms with Crippen LogP contribution in [0.15, 0.2) is 107 Å². The van der Waals surface area contributed by atoms with Gasteiger partial charge in [0.1, 0.15) is 18.3 Å². The first kappa shape index (κ1) is 37.6. The highest BCUT2D eigenvalue weighted by Crippen LogP contribution is 2.29. The van der Waals surface area contributed by atoms with Crippen molar-refractivity contribution in [2.75, 3.05) is 23.7 Å². The summed E-state index contributed by atoms with van der Waals surface area (Å²) in [5, 5.41) is 3.84. The number of nitrogens with zero attached hydrogens (tertiary/aromatic N) is 2. The number of halogens is 2. The molecule has 50 heavy (non-hydrogen) atoms. The number of hydrogen-bond donors (Lipinski definition) is 1. The number of benzene rings is 4. The largest absolute Gasteiger partial charge is 0.494 e. The fourth-order valence-electron chi connectivity index (χ4n) is 6.04. The zero-order valence-electron chi connectivity index (χ0n) is 28.1. The van der Waals surface area contributed by atoms with E-state index in [0.29, 0.717) is 28.0 Å². The van der Waals surface area contributed by atoms with Gasteiger partial charge in [-0.1, -0.05) is 72.4 Å². The van der Waals surface area contributed by atoms with Crippen molar-refractivity contribution < 1.29 is 22.7 Å². The van der Waals surface area contributed by atoms with E-state index in [0.717, 1.165) is 40.4 Å². The SMILES string of the molecule is CCOc1ccc(N(CC(=O)N(Cc2ccc(Cl)c(Cl)c2)[C@@H](Cc2ccccc2)C(=O)NC2CCCC2)S(=O)(=O)c2ccc(SC)cc2)cc1. The molecule has 0 saturated heterocycles. The van der Waals surface area contributed by atoms with Gasteiger partial charge in [0.05, 0.1) is 27.2 Å². The Morgan fingerprint density at radius 3 is 2.20 bits per heavy atom. The molecule has 1 fully saturated rings. The Morgan fingerprint density at radius 1 is 0.900 bits per heavy atom. The number of hydrogen-bond acceptors (Lipinski definition) is 6. The lowest BCUT2D eigenvalue weighted by molar-refractivity contribution is -0.140. The highest BCUT2D eigenvalue weighted by atomic mass is 35.5. The molecule has 264 valence electrons. The van der Waals surface area contributed by atoms with Crippen LogP contribution >= 0.6 is 35.0 Å². The molecule has 0 aliphatic heterocycles. The molecule has 0 spiro atoms. The van der Waals surface area contributed by atoms with Gasteiger partial charge < -0.3 is 15.0 Å². The zero-order chi connectivity index (χ0) is 35.7. The number of carbonyl (C=O) groups is 2. The predicted molar refractivity (Wildman–Crippen MR) is 202 cm³/mol. The normalized spacial score (nSPS) is 13.8. The highest BCUT2D eigenvalue weighted by Gasteiger charge is 2.35. The van der Waals surface area contributed by atoms with Gasteiger partial charge in [-0.25, -0.2) is 8.42 Å². The Bertz CT molecular complexity index is 1850. The number of rotatable bonds is 15. The Labute approximate surface area is 309 Å². The molecule has 1 N–H and O–H groups in total. The molecular weight excluding hydrogens is 713 g/mol. The van der Waals surface area contributed by atoms with Crippen molar-refractivity contribution in [2.45, 2.75) is 67.4 Å². The zero-order valence-corrected chi connectivity index (χ0v) is 31.2. The maximum absolute atomic E-state index is 14.8. The van der Waals surface area contributed by atoms with Crippen LogP contribution in [-0.2, 0) is 32.6 Å². The number of amides is 2. The second-order valence-corrected chi connectivity index (χ2v) is 15.6. The summed E-state index contributed by atoms with van der Waals surface area (Å²) in [6.45, 7) is 1.73. The van der Waals surface area contributed by atoms with Crippen LogP contribution in [0.5, 0.6) is 5.75 Å². The van der Waals surface area contributed by atoms with Gasteiger partial charge >= 0.3 is 0 Å². The Hall–Kier alpha value is -3.70. The molecule has 4 aromatic rings. The maximum Gasteiger partial charge on any atom is 0.264 e. The Kier molecular flexibility index (Phi) is 13.1. The van der Waals surface area contributed by atoms with Gasteiger partial charge in [-0.2, -0.15) is 0 Å². The molecule has 0 unspecified atom stereocenters. The van der Waals surface area contributed by atoms with E-state index in [1.165, 1.54) is 28.8 Å². The van der Waals surface area contributed by atoms with Crippen LogP contribution in [-0.4, -0.2) is 56.6 Å². The topological polar surface area (TPSA) is 96.0 Å². The lowest BCUT2D eigenvalue weighted by Gasteiger charge is -2.34. The van der Waals surface area contributed by atoms with Gasteiger partial charge in [-0.05, 0) is 97.8 Å². The first-order valence-corrected chi connectivity index (χ1v) is 20.0. The van der Waals surface area contributed by atoms with Gasteiger partial charge in [0.15, 0.2) is 0 Å². The third kappa shape index (κ3) is 9.54. The number of nitrogens with one attached hydrogen (secondary N) is 1. The number of sulfonamides is 1. The van der Waals surface area contributed by atoms with Crippen molar-refractivity contribution in [1.29, 1.82) is 0 Å². The molecule has 4 aromatic carbocycles. The van der Waals surface area contributed by atoms with Crippen molar-refractivity contribution in [2.24, 2.45) is 0 Å². The molecule has 12 heteroatoms. The van der Waals surface area contributed by atoms with Crippen LogP contribution in [0.3, 0.4) is 0 Å². The van der Waals surface area contributed by atoms with Crippen molar-refractivity contribution in [1.82, 2.24) is 10.2 Å². The van der Waals surface area contributed by atoms with Gasteiger partial charge in [-0.15, -0.1) is 11.8 Å². The smallest absolute Gasteiger partial charge is 0.264 e. The fraction of sp³-hybridized carbons (Fsp3) is 0.316. The monoisotopic (exact) mass is 753 g/mol. The molecule has 0 heterocycles. The summed E-state index contributed by atoms with van der Waals surface area (Å²) in [6.07, 6.45) is 5.90. The van der Waals surface area contributed by atoms with E-state index in [9.17, 15) is 18.0 Å². The van der Waals surface area contributed by atoms with Crippen molar-refractivity contribution >= 4 is 62.5 Å². The summed E-state index contributed by atoms with van der Waals surface area (Å²) in [4.78, 5) is 31.4. The first-order chi connectivity index (χ1) is 24.1.